The molecular weight excluding hydrogens is 370 g/mol. The number of carbonyl (C=O) groups is 1. The van der Waals surface area contributed by atoms with E-state index < -0.39 is 6.23 Å². The van der Waals surface area contributed by atoms with E-state index in [0.717, 1.165) is 69.4 Å². The van der Waals surface area contributed by atoms with Crippen LogP contribution >= 0.6 is 0 Å². The van der Waals surface area contributed by atoms with Crippen molar-refractivity contribution < 1.29 is 14.9 Å². The Morgan fingerprint density at radius 2 is 2.00 bits per heavy atom. The van der Waals surface area contributed by atoms with Crippen LogP contribution in [0, 0.1) is 0 Å². The van der Waals surface area contributed by atoms with Crippen LogP contribution in [0.3, 0.4) is 0 Å². The molecule has 1 saturated heterocycles. The fourth-order valence-corrected chi connectivity index (χ4v) is 3.56. The van der Waals surface area contributed by atoms with Crippen LogP contribution in [0.1, 0.15) is 50.5 Å². The predicted octanol–water partition coefficient (Wildman–Crippen LogP) is 1.53. The minimum absolute atomic E-state index is 0.0593. The molecule has 1 heterocycles. The maximum atomic E-state index is 12.1. The molecule has 1 saturated carbocycles. The van der Waals surface area contributed by atoms with Crippen LogP contribution in [0.25, 0.3) is 0 Å². The van der Waals surface area contributed by atoms with Crippen LogP contribution in [-0.4, -0.2) is 48.7 Å². The van der Waals surface area contributed by atoms with E-state index in [2.05, 4.69) is 26.2 Å². The zero-order valence-corrected chi connectivity index (χ0v) is 17.1. The molecule has 2 unspecified atom stereocenters. The summed E-state index contributed by atoms with van der Waals surface area (Å²) in [7, 11) is 0. The van der Waals surface area contributed by atoms with Gasteiger partial charge in [0.2, 0.25) is 5.91 Å². The predicted molar refractivity (Wildman–Crippen MR) is 113 cm³/mol. The van der Waals surface area contributed by atoms with Crippen LogP contribution in [0.2, 0.25) is 0 Å². The molecule has 1 aromatic carbocycles. The topological polar surface area (TPSA) is 121 Å². The van der Waals surface area contributed by atoms with Crippen LogP contribution in [0.5, 0.6) is 0 Å². The number of hydrogen-bond donors (Lipinski definition) is 6. The molecule has 2 fully saturated rings. The number of carbonyl (C=O) groups excluding carboxylic acids is 1. The van der Waals surface area contributed by atoms with Gasteiger partial charge in [-0.3, -0.25) is 10.1 Å². The average Bonchev–Trinajstić information content (AvgIpc) is 3.21. The molecule has 2 atom stereocenters. The molecule has 1 aromatic rings. The molecule has 162 valence electrons. The lowest BCUT2D eigenvalue weighted by Gasteiger charge is -2.18. The van der Waals surface area contributed by atoms with E-state index in [1.54, 1.807) is 0 Å². The van der Waals surface area contributed by atoms with Crippen LogP contribution in [-0.2, 0) is 16.1 Å². The Morgan fingerprint density at radius 3 is 2.66 bits per heavy atom. The van der Waals surface area contributed by atoms with Gasteiger partial charge in [0.25, 0.3) is 0 Å². The molecule has 0 aromatic heterocycles. The number of rotatable bonds is 13. The van der Waals surface area contributed by atoms with Gasteiger partial charge in [-0.1, -0.05) is 18.6 Å². The average molecular weight is 406 g/mol. The summed E-state index contributed by atoms with van der Waals surface area (Å²) in [5.41, 5.74) is 7.98. The smallest absolute Gasteiger partial charge is 0.239 e. The van der Waals surface area contributed by atoms with Gasteiger partial charge in [0.15, 0.2) is 6.23 Å². The Hall–Kier alpha value is -1.71. The quantitative estimate of drug-likeness (QED) is 0.127. The number of nitrogens with two attached hydrogens (primary N) is 1. The third-order valence-corrected chi connectivity index (χ3v) is 5.63. The summed E-state index contributed by atoms with van der Waals surface area (Å²) in [6, 6.07) is 7.79. The van der Waals surface area contributed by atoms with Gasteiger partial charge in [-0.05, 0) is 69.3 Å². The second-order valence-electron chi connectivity index (χ2n) is 8.22. The summed E-state index contributed by atoms with van der Waals surface area (Å²) >= 11 is 0. The number of amides is 1. The molecule has 1 amide bonds. The molecule has 1 aliphatic carbocycles. The van der Waals surface area contributed by atoms with E-state index in [-0.39, 0.29) is 17.6 Å². The molecule has 2 aliphatic rings. The second-order valence-corrected chi connectivity index (χ2v) is 8.22. The first kappa shape index (κ1) is 22.0. The van der Waals surface area contributed by atoms with Gasteiger partial charge in [-0.25, -0.2) is 10.1 Å². The third kappa shape index (κ3) is 7.56. The van der Waals surface area contributed by atoms with E-state index in [4.69, 9.17) is 11.0 Å². The number of unbranched alkanes of at least 4 members (excludes halogenated alkanes) is 2. The van der Waals surface area contributed by atoms with Gasteiger partial charge in [0, 0.05) is 18.7 Å². The third-order valence-electron chi connectivity index (χ3n) is 5.63. The minimum atomic E-state index is -0.749. The maximum absolute atomic E-state index is 12.1. The maximum Gasteiger partial charge on any atom is 0.239 e. The molecule has 29 heavy (non-hydrogen) atoms. The van der Waals surface area contributed by atoms with Crippen molar-refractivity contribution in [3.63, 3.8) is 0 Å². The van der Waals surface area contributed by atoms with Gasteiger partial charge in [-0.15, -0.1) is 0 Å². The van der Waals surface area contributed by atoms with Gasteiger partial charge < -0.3 is 21.7 Å². The van der Waals surface area contributed by atoms with Gasteiger partial charge in [-0.2, -0.15) is 0 Å². The summed E-state index contributed by atoms with van der Waals surface area (Å²) in [5, 5.41) is 21.8. The van der Waals surface area contributed by atoms with E-state index in [0.29, 0.717) is 6.42 Å². The Kier molecular flexibility index (Phi) is 8.26. The molecule has 3 rings (SSSR count). The Labute approximate surface area is 172 Å². The lowest BCUT2D eigenvalue weighted by Crippen LogP contribution is -2.46. The summed E-state index contributed by atoms with van der Waals surface area (Å²) in [4.78, 5) is 16.6. The van der Waals surface area contributed by atoms with Crippen molar-refractivity contribution in [2.24, 2.45) is 5.73 Å². The minimum Gasteiger partial charge on any atom is -0.385 e. The number of nitrogens with one attached hydrogen (secondary N) is 4. The van der Waals surface area contributed by atoms with Crippen molar-refractivity contribution in [3.05, 3.63) is 29.8 Å². The van der Waals surface area contributed by atoms with E-state index in [1.165, 1.54) is 6.42 Å². The normalized spacial score (nSPS) is 21.0. The molecule has 8 nitrogen and oxygen atoms in total. The first-order valence-corrected chi connectivity index (χ1v) is 10.8. The molecule has 0 spiro atoms. The van der Waals surface area contributed by atoms with Crippen molar-refractivity contribution in [2.45, 2.75) is 69.3 Å². The Bertz CT molecular complexity index is 630. The van der Waals surface area contributed by atoms with Crippen LogP contribution < -0.4 is 27.0 Å². The van der Waals surface area contributed by atoms with E-state index in [9.17, 15) is 4.79 Å². The zero-order chi connectivity index (χ0) is 20.5. The first-order chi connectivity index (χ1) is 14.1. The number of hydrogen-bond acceptors (Lipinski definition) is 7. The summed E-state index contributed by atoms with van der Waals surface area (Å²) in [5.74, 6) is -0.131. The standard InChI is InChI=1S/C21H35N5O3/c22-21(10-11-21)25-14-3-1-2-12-23-17-8-6-16(7-9-17)15-19(29-28)26-20(27)18-5-4-13-24-18/h6-9,18-19,23-25,28H,1-5,10-15,22H2,(H,26,27). The fraction of sp³-hybridized carbons (Fsp3) is 0.667. The summed E-state index contributed by atoms with van der Waals surface area (Å²) in [6.07, 6.45) is 7.08. The molecule has 1 aliphatic heterocycles. The molecule has 8 heteroatoms. The van der Waals surface area contributed by atoms with E-state index in [1.807, 2.05) is 24.3 Å². The van der Waals surface area contributed by atoms with Crippen LogP contribution in [0.4, 0.5) is 5.69 Å². The van der Waals surface area contributed by atoms with E-state index >= 15 is 0 Å². The summed E-state index contributed by atoms with van der Waals surface area (Å²) < 4.78 is 0. The highest BCUT2D eigenvalue weighted by Gasteiger charge is 2.37. The largest absolute Gasteiger partial charge is 0.385 e. The second kappa shape index (κ2) is 10.9. The molecule has 0 bridgehead atoms. The van der Waals surface area contributed by atoms with Gasteiger partial charge in [0.05, 0.1) is 11.7 Å². The fourth-order valence-electron chi connectivity index (χ4n) is 3.56. The highest BCUT2D eigenvalue weighted by Crippen LogP contribution is 2.28. The molecular formula is C21H35N5O3. The number of benzene rings is 1. The zero-order valence-electron chi connectivity index (χ0n) is 17.1. The van der Waals surface area contributed by atoms with Crippen molar-refractivity contribution in [2.75, 3.05) is 25.0 Å². The SMILES string of the molecule is NC1(NCCCCCNc2ccc(CC(NC(=O)C3CCCN3)OO)cc2)CC1. The van der Waals surface area contributed by atoms with Crippen molar-refractivity contribution in [1.29, 1.82) is 0 Å². The Morgan fingerprint density at radius 1 is 1.24 bits per heavy atom. The number of anilines is 1. The monoisotopic (exact) mass is 405 g/mol. The highest BCUT2D eigenvalue weighted by atomic mass is 17.1. The van der Waals surface area contributed by atoms with Crippen molar-refractivity contribution in [3.8, 4) is 0 Å². The molecule has 0 radical (unpaired) electrons. The van der Waals surface area contributed by atoms with Crippen LogP contribution in [0.15, 0.2) is 24.3 Å². The lowest BCUT2D eigenvalue weighted by molar-refractivity contribution is -0.284. The first-order valence-electron chi connectivity index (χ1n) is 10.8. The highest BCUT2D eigenvalue weighted by molar-refractivity contribution is 5.82. The Balaban J connectivity index is 1.30. The molecule has 7 N–H and O–H groups in total. The summed E-state index contributed by atoms with van der Waals surface area (Å²) in [6.45, 7) is 2.77. The lowest BCUT2D eigenvalue weighted by atomic mass is 10.1. The van der Waals surface area contributed by atoms with Gasteiger partial charge >= 0.3 is 0 Å². The van der Waals surface area contributed by atoms with Gasteiger partial charge in [0.1, 0.15) is 0 Å². The van der Waals surface area contributed by atoms with Crippen molar-refractivity contribution in [1.82, 2.24) is 16.0 Å². The van der Waals surface area contributed by atoms with Crippen molar-refractivity contribution >= 4 is 11.6 Å².